The Morgan fingerprint density at radius 1 is 1.10 bits per heavy atom. The fourth-order valence-corrected chi connectivity index (χ4v) is 2.63. The van der Waals surface area contributed by atoms with Crippen molar-refractivity contribution < 1.29 is 34.1 Å². The molecule has 8 nitrogen and oxygen atoms in total. The monoisotopic (exact) mass is 413 g/mol. The van der Waals surface area contributed by atoms with Crippen molar-refractivity contribution in [2.24, 2.45) is 0 Å². The molecule has 0 fully saturated rings. The lowest BCUT2D eigenvalue weighted by atomic mass is 10.0. The van der Waals surface area contributed by atoms with E-state index in [1.165, 1.54) is 13.0 Å². The summed E-state index contributed by atoms with van der Waals surface area (Å²) in [4.78, 5) is 34.5. The van der Waals surface area contributed by atoms with Crippen LogP contribution in [0.3, 0.4) is 0 Å². The van der Waals surface area contributed by atoms with E-state index in [-0.39, 0.29) is 25.4 Å². The zero-order chi connectivity index (χ0) is 21.9. The molecule has 0 radical (unpaired) electrons. The maximum atomic E-state index is 12.4. The number of ketones is 1. The molecule has 0 aliphatic heterocycles. The number of carbonyl (C=O) groups excluding carboxylic acids is 2. The molecular weight excluding hydrogens is 390 g/mol. The number of para-hydroxylation sites is 1. The molecule has 0 bridgehead atoms. The van der Waals surface area contributed by atoms with Gasteiger partial charge in [0, 0.05) is 29.3 Å². The normalized spacial score (nSPS) is 11.7. The lowest BCUT2D eigenvalue weighted by Crippen LogP contribution is -2.18. The Hall–Kier alpha value is -3.65. The molecule has 2 rings (SSSR count). The first kappa shape index (κ1) is 22.6. The summed E-state index contributed by atoms with van der Waals surface area (Å²) in [6, 6.07) is 13.2. The molecule has 8 heteroatoms. The first-order valence-corrected chi connectivity index (χ1v) is 9.21. The number of nitrogens with one attached hydrogen (secondary N) is 1. The number of rotatable bonds is 10. The Labute approximate surface area is 173 Å². The van der Waals surface area contributed by atoms with Crippen LogP contribution in [-0.2, 0) is 9.53 Å². The molecule has 0 saturated carbocycles. The van der Waals surface area contributed by atoms with Crippen LogP contribution in [0.1, 0.15) is 35.4 Å². The van der Waals surface area contributed by atoms with E-state index in [1.54, 1.807) is 48.5 Å². The Morgan fingerprint density at radius 3 is 2.43 bits per heavy atom. The van der Waals surface area contributed by atoms with Crippen LogP contribution in [0, 0.1) is 0 Å². The summed E-state index contributed by atoms with van der Waals surface area (Å²) in [6.45, 7) is 1.32. The predicted molar refractivity (Wildman–Crippen MR) is 110 cm³/mol. The van der Waals surface area contributed by atoms with Gasteiger partial charge in [-0.15, -0.1) is 0 Å². The van der Waals surface area contributed by atoms with E-state index in [4.69, 9.17) is 19.7 Å². The van der Waals surface area contributed by atoms with Crippen LogP contribution in [0.4, 0.5) is 10.5 Å². The van der Waals surface area contributed by atoms with Crippen molar-refractivity contribution in [1.82, 2.24) is 0 Å². The van der Waals surface area contributed by atoms with Crippen LogP contribution in [0.15, 0.2) is 60.7 Å². The minimum absolute atomic E-state index is 0.0589. The summed E-state index contributed by atoms with van der Waals surface area (Å²) >= 11 is 0. The van der Waals surface area contributed by atoms with E-state index in [9.17, 15) is 14.4 Å². The highest BCUT2D eigenvalue weighted by molar-refractivity contribution is 5.95. The SMILES string of the molecule is CC(=O)c1ccc(NC(=O)O[C@H](C/C=C/C(=O)O)c2ccccc2OCCO)cc1. The van der Waals surface area contributed by atoms with Gasteiger partial charge in [-0.2, -0.15) is 0 Å². The van der Waals surface area contributed by atoms with Crippen LogP contribution >= 0.6 is 0 Å². The number of Topliss-reactive ketones (excluding diaryl/α,β-unsaturated/α-hetero) is 1. The standard InChI is InChI=1S/C22H23NO7/c1-15(25)16-9-11-17(12-10-16)23-22(28)30-20(7-4-8-21(26)27)18-5-2-3-6-19(18)29-14-13-24/h2-6,8-12,20,24H,7,13-14H2,1H3,(H,23,28)(H,26,27)/b8-4+/t20-/m1/s1. The average Bonchev–Trinajstić information content (AvgIpc) is 2.72. The van der Waals surface area contributed by atoms with Gasteiger partial charge >= 0.3 is 12.1 Å². The second-order valence-electron chi connectivity index (χ2n) is 6.24. The number of anilines is 1. The average molecular weight is 413 g/mol. The lowest BCUT2D eigenvalue weighted by Gasteiger charge is -2.20. The number of aliphatic hydroxyl groups is 1. The van der Waals surface area contributed by atoms with Crippen molar-refractivity contribution in [3.8, 4) is 5.75 Å². The molecule has 0 unspecified atom stereocenters. The van der Waals surface area contributed by atoms with Gasteiger partial charge in [-0.05, 0) is 37.3 Å². The smallest absolute Gasteiger partial charge is 0.412 e. The molecule has 2 aromatic carbocycles. The van der Waals surface area contributed by atoms with Gasteiger partial charge in [-0.25, -0.2) is 9.59 Å². The Morgan fingerprint density at radius 2 is 1.80 bits per heavy atom. The second-order valence-corrected chi connectivity index (χ2v) is 6.24. The predicted octanol–water partition coefficient (Wildman–Crippen LogP) is 3.58. The van der Waals surface area contributed by atoms with Gasteiger partial charge in [0.25, 0.3) is 0 Å². The van der Waals surface area contributed by atoms with Crippen molar-refractivity contribution in [3.05, 3.63) is 71.8 Å². The van der Waals surface area contributed by atoms with Crippen molar-refractivity contribution in [2.75, 3.05) is 18.5 Å². The zero-order valence-electron chi connectivity index (χ0n) is 16.4. The molecule has 0 spiro atoms. The van der Waals surface area contributed by atoms with Gasteiger partial charge in [-0.3, -0.25) is 10.1 Å². The third-order valence-electron chi connectivity index (χ3n) is 4.01. The molecule has 0 saturated heterocycles. The number of carbonyl (C=O) groups is 3. The molecule has 1 amide bonds. The topological polar surface area (TPSA) is 122 Å². The van der Waals surface area contributed by atoms with E-state index in [0.29, 0.717) is 22.6 Å². The molecule has 1 atom stereocenters. The number of carboxylic acid groups (broad SMARTS) is 1. The van der Waals surface area contributed by atoms with Gasteiger partial charge in [0.15, 0.2) is 5.78 Å². The molecule has 0 heterocycles. The van der Waals surface area contributed by atoms with Crippen molar-refractivity contribution in [2.45, 2.75) is 19.4 Å². The summed E-state index contributed by atoms with van der Waals surface area (Å²) in [5.74, 6) is -0.790. The van der Waals surface area contributed by atoms with E-state index in [0.717, 1.165) is 6.08 Å². The van der Waals surface area contributed by atoms with Crippen molar-refractivity contribution >= 4 is 23.5 Å². The molecule has 3 N–H and O–H groups in total. The Bertz CT molecular complexity index is 906. The maximum absolute atomic E-state index is 12.4. The van der Waals surface area contributed by atoms with Gasteiger partial charge < -0.3 is 19.7 Å². The number of aliphatic hydroxyl groups excluding tert-OH is 1. The van der Waals surface area contributed by atoms with Crippen LogP contribution in [0.25, 0.3) is 0 Å². The highest BCUT2D eigenvalue weighted by Crippen LogP contribution is 2.31. The molecular formula is C22H23NO7. The molecule has 0 aromatic heterocycles. The number of ether oxygens (including phenoxy) is 2. The summed E-state index contributed by atoms with van der Waals surface area (Å²) in [7, 11) is 0. The van der Waals surface area contributed by atoms with E-state index in [1.807, 2.05) is 0 Å². The second kappa shape index (κ2) is 11.4. The van der Waals surface area contributed by atoms with Crippen LogP contribution < -0.4 is 10.1 Å². The van der Waals surface area contributed by atoms with E-state index in [2.05, 4.69) is 5.32 Å². The first-order chi connectivity index (χ1) is 14.4. The van der Waals surface area contributed by atoms with Gasteiger partial charge in [0.1, 0.15) is 18.5 Å². The summed E-state index contributed by atoms with van der Waals surface area (Å²) in [5.41, 5.74) is 1.48. The highest BCUT2D eigenvalue weighted by atomic mass is 16.6. The highest BCUT2D eigenvalue weighted by Gasteiger charge is 2.20. The van der Waals surface area contributed by atoms with Gasteiger partial charge in [0.05, 0.1) is 6.61 Å². The summed E-state index contributed by atoms with van der Waals surface area (Å²) in [5, 5.41) is 20.4. The third-order valence-corrected chi connectivity index (χ3v) is 4.01. The van der Waals surface area contributed by atoms with E-state index >= 15 is 0 Å². The molecule has 30 heavy (non-hydrogen) atoms. The number of amides is 1. The largest absolute Gasteiger partial charge is 0.491 e. The molecule has 0 aliphatic rings. The molecule has 158 valence electrons. The minimum Gasteiger partial charge on any atom is -0.491 e. The number of hydrogen-bond donors (Lipinski definition) is 3. The van der Waals surface area contributed by atoms with Crippen LogP contribution in [-0.4, -0.2) is 41.3 Å². The zero-order valence-corrected chi connectivity index (χ0v) is 16.4. The maximum Gasteiger partial charge on any atom is 0.412 e. The van der Waals surface area contributed by atoms with E-state index < -0.39 is 18.2 Å². The lowest BCUT2D eigenvalue weighted by molar-refractivity contribution is -0.131. The van der Waals surface area contributed by atoms with Crippen molar-refractivity contribution in [3.63, 3.8) is 0 Å². The summed E-state index contributed by atoms with van der Waals surface area (Å²) in [6.07, 6.45) is 0.863. The Kier molecular flexibility index (Phi) is 8.58. The molecule has 0 aliphatic carbocycles. The third kappa shape index (κ3) is 7.06. The number of benzene rings is 2. The fraction of sp³-hybridized carbons (Fsp3) is 0.227. The fourth-order valence-electron chi connectivity index (χ4n) is 2.63. The van der Waals surface area contributed by atoms with Crippen molar-refractivity contribution in [1.29, 1.82) is 0 Å². The Balaban J connectivity index is 2.17. The van der Waals surface area contributed by atoms with Gasteiger partial charge in [0.2, 0.25) is 0 Å². The van der Waals surface area contributed by atoms with Gasteiger partial charge in [-0.1, -0.05) is 24.3 Å². The quantitative estimate of drug-likeness (QED) is 0.402. The summed E-state index contributed by atoms with van der Waals surface area (Å²) < 4.78 is 11.0. The first-order valence-electron chi connectivity index (χ1n) is 9.21. The minimum atomic E-state index is -1.12. The number of aliphatic carboxylic acids is 1. The molecule has 2 aromatic rings. The van der Waals surface area contributed by atoms with Crippen LogP contribution in [0.2, 0.25) is 0 Å². The number of carboxylic acids is 1. The van der Waals surface area contributed by atoms with Crippen LogP contribution in [0.5, 0.6) is 5.75 Å². The number of hydrogen-bond acceptors (Lipinski definition) is 6.